The molecule has 1 rings (SSSR count). The molecule has 19 heavy (non-hydrogen) atoms. The molecule has 0 spiro atoms. The second-order valence-electron chi connectivity index (χ2n) is 4.19. The smallest absolute Gasteiger partial charge is 0.223 e. The van der Waals surface area contributed by atoms with E-state index < -0.39 is 6.10 Å². The van der Waals surface area contributed by atoms with Crippen molar-refractivity contribution in [3.63, 3.8) is 0 Å². The largest absolute Gasteiger partial charge is 0.482 e. The van der Waals surface area contributed by atoms with Crippen molar-refractivity contribution in [2.75, 3.05) is 7.05 Å². The summed E-state index contributed by atoms with van der Waals surface area (Å²) in [4.78, 5) is 22.2. The summed E-state index contributed by atoms with van der Waals surface area (Å²) in [5.41, 5.74) is 2.16. The molecule has 0 saturated carbocycles. The van der Waals surface area contributed by atoms with Gasteiger partial charge in [-0.25, -0.2) is 0 Å². The Kier molecular flexibility index (Phi) is 5.79. The fourth-order valence-electron chi connectivity index (χ4n) is 1.63. The number of carbonyl (C=O) groups is 2. The molecule has 0 saturated heterocycles. The highest BCUT2D eigenvalue weighted by atomic mass is 16.5. The lowest BCUT2D eigenvalue weighted by Crippen LogP contribution is -2.28. The summed E-state index contributed by atoms with van der Waals surface area (Å²) in [6.07, 6.45) is 3.81. The SMILES string of the molecule is C/C=C\c1cc(OC(C=O)CC(=O)NC)ccc1C. The van der Waals surface area contributed by atoms with Gasteiger partial charge < -0.3 is 10.1 Å². The molecule has 0 aliphatic heterocycles. The van der Waals surface area contributed by atoms with Crippen LogP contribution in [0, 0.1) is 6.92 Å². The second kappa shape index (κ2) is 7.36. The van der Waals surface area contributed by atoms with Crippen molar-refractivity contribution in [1.29, 1.82) is 0 Å². The molecular weight excluding hydrogens is 242 g/mol. The van der Waals surface area contributed by atoms with Crippen LogP contribution in [0.1, 0.15) is 24.5 Å². The first-order valence-electron chi connectivity index (χ1n) is 6.16. The zero-order chi connectivity index (χ0) is 14.3. The molecule has 0 heterocycles. The van der Waals surface area contributed by atoms with Gasteiger partial charge in [0.05, 0.1) is 6.42 Å². The molecular formula is C15H19NO3. The van der Waals surface area contributed by atoms with Crippen molar-refractivity contribution in [1.82, 2.24) is 5.32 Å². The van der Waals surface area contributed by atoms with Crippen LogP contribution in [0.25, 0.3) is 6.08 Å². The average Bonchev–Trinajstić information content (AvgIpc) is 2.41. The molecule has 0 bridgehead atoms. The van der Waals surface area contributed by atoms with E-state index in [0.29, 0.717) is 12.0 Å². The summed E-state index contributed by atoms with van der Waals surface area (Å²) in [5, 5.41) is 2.47. The molecule has 0 fully saturated rings. The van der Waals surface area contributed by atoms with Crippen LogP contribution in [0.3, 0.4) is 0 Å². The lowest BCUT2D eigenvalue weighted by atomic mass is 10.1. The van der Waals surface area contributed by atoms with Crippen molar-refractivity contribution in [3.05, 3.63) is 35.4 Å². The van der Waals surface area contributed by atoms with Crippen molar-refractivity contribution in [2.24, 2.45) is 0 Å². The Morgan fingerprint density at radius 1 is 1.47 bits per heavy atom. The number of benzene rings is 1. The van der Waals surface area contributed by atoms with Gasteiger partial charge >= 0.3 is 0 Å². The minimum Gasteiger partial charge on any atom is -0.482 e. The van der Waals surface area contributed by atoms with Gasteiger partial charge in [-0.3, -0.25) is 9.59 Å². The summed E-state index contributed by atoms with van der Waals surface area (Å²) in [6, 6.07) is 5.57. The molecule has 4 heteroatoms. The van der Waals surface area contributed by atoms with Gasteiger partial charge in [-0.15, -0.1) is 0 Å². The van der Waals surface area contributed by atoms with E-state index in [0.717, 1.165) is 11.1 Å². The molecule has 0 aliphatic rings. The van der Waals surface area contributed by atoms with E-state index in [9.17, 15) is 9.59 Å². The van der Waals surface area contributed by atoms with Gasteiger partial charge in [0.2, 0.25) is 5.91 Å². The molecule has 102 valence electrons. The lowest BCUT2D eigenvalue weighted by molar-refractivity contribution is -0.125. The quantitative estimate of drug-likeness (QED) is 0.798. The molecule has 0 radical (unpaired) electrons. The molecule has 1 unspecified atom stereocenters. The van der Waals surface area contributed by atoms with Crippen LogP contribution in [0.5, 0.6) is 5.75 Å². The number of carbonyl (C=O) groups excluding carboxylic acids is 2. The number of rotatable bonds is 6. The Hall–Kier alpha value is -2.10. The maximum atomic E-state index is 11.2. The van der Waals surface area contributed by atoms with E-state index in [1.807, 2.05) is 38.1 Å². The molecule has 1 aromatic carbocycles. The maximum Gasteiger partial charge on any atom is 0.223 e. The first-order chi connectivity index (χ1) is 9.10. The third kappa shape index (κ3) is 4.58. The van der Waals surface area contributed by atoms with Crippen LogP contribution in [0.2, 0.25) is 0 Å². The molecule has 1 amide bonds. The van der Waals surface area contributed by atoms with Crippen molar-refractivity contribution < 1.29 is 14.3 Å². The van der Waals surface area contributed by atoms with Crippen LogP contribution in [-0.4, -0.2) is 25.3 Å². The van der Waals surface area contributed by atoms with Crippen LogP contribution in [-0.2, 0) is 9.59 Å². The fraction of sp³-hybridized carbons (Fsp3) is 0.333. The Morgan fingerprint density at radius 2 is 2.21 bits per heavy atom. The minimum absolute atomic E-state index is 0.0207. The van der Waals surface area contributed by atoms with Gasteiger partial charge in [0.25, 0.3) is 0 Å². The van der Waals surface area contributed by atoms with E-state index in [1.54, 1.807) is 6.07 Å². The molecule has 0 aromatic heterocycles. The summed E-state index contributed by atoms with van der Waals surface area (Å²) in [6.45, 7) is 3.94. The molecule has 4 nitrogen and oxygen atoms in total. The summed E-state index contributed by atoms with van der Waals surface area (Å²) < 4.78 is 5.52. The second-order valence-corrected chi connectivity index (χ2v) is 4.19. The highest BCUT2D eigenvalue weighted by Crippen LogP contribution is 2.20. The van der Waals surface area contributed by atoms with Crippen LogP contribution < -0.4 is 10.1 Å². The first kappa shape index (κ1) is 15.0. The standard InChI is InChI=1S/C15H19NO3/c1-4-5-12-8-13(7-6-11(12)2)19-14(10-17)9-15(18)16-3/h4-8,10,14H,9H2,1-3H3,(H,16,18)/b5-4-. The van der Waals surface area contributed by atoms with Gasteiger partial charge in [0.1, 0.15) is 5.75 Å². The molecule has 0 aliphatic carbocycles. The van der Waals surface area contributed by atoms with Crippen molar-refractivity contribution >= 4 is 18.3 Å². The summed E-state index contributed by atoms with van der Waals surface area (Å²) >= 11 is 0. The first-order valence-corrected chi connectivity index (χ1v) is 6.16. The van der Waals surface area contributed by atoms with Gasteiger partial charge in [-0.05, 0) is 37.1 Å². The van der Waals surface area contributed by atoms with Crippen molar-refractivity contribution in [2.45, 2.75) is 26.4 Å². The summed E-state index contributed by atoms with van der Waals surface area (Å²) in [5.74, 6) is 0.359. The Bertz CT molecular complexity index is 480. The predicted molar refractivity (Wildman–Crippen MR) is 75.1 cm³/mol. The fourth-order valence-corrected chi connectivity index (χ4v) is 1.63. The Morgan fingerprint density at radius 3 is 2.79 bits per heavy atom. The van der Waals surface area contributed by atoms with Crippen molar-refractivity contribution in [3.8, 4) is 5.75 Å². The number of ether oxygens (including phenoxy) is 1. The zero-order valence-electron chi connectivity index (χ0n) is 11.5. The van der Waals surface area contributed by atoms with Gasteiger partial charge in [-0.1, -0.05) is 18.2 Å². The van der Waals surface area contributed by atoms with Crippen LogP contribution in [0.4, 0.5) is 0 Å². The normalized spacial score (nSPS) is 12.2. The van der Waals surface area contributed by atoms with E-state index in [2.05, 4.69) is 5.32 Å². The number of aldehydes is 1. The van der Waals surface area contributed by atoms with E-state index in [-0.39, 0.29) is 12.3 Å². The number of hydrogen-bond donors (Lipinski definition) is 1. The average molecular weight is 261 g/mol. The van der Waals surface area contributed by atoms with E-state index in [1.165, 1.54) is 7.05 Å². The lowest BCUT2D eigenvalue weighted by Gasteiger charge is -2.14. The third-order valence-corrected chi connectivity index (χ3v) is 2.70. The Labute approximate surface area is 113 Å². The number of hydrogen-bond acceptors (Lipinski definition) is 3. The molecule has 1 N–H and O–H groups in total. The highest BCUT2D eigenvalue weighted by Gasteiger charge is 2.14. The number of nitrogens with one attached hydrogen (secondary N) is 1. The predicted octanol–water partition coefficient (Wildman–Crippen LogP) is 2.11. The Balaban J connectivity index is 2.82. The third-order valence-electron chi connectivity index (χ3n) is 2.70. The van der Waals surface area contributed by atoms with E-state index >= 15 is 0 Å². The maximum absolute atomic E-state index is 11.2. The van der Waals surface area contributed by atoms with Gasteiger partial charge in [0, 0.05) is 7.05 Å². The highest BCUT2D eigenvalue weighted by molar-refractivity contribution is 5.79. The number of amides is 1. The molecule has 1 aromatic rings. The molecule has 1 atom stereocenters. The number of aryl methyl sites for hydroxylation is 1. The minimum atomic E-state index is -0.763. The van der Waals surface area contributed by atoms with Crippen LogP contribution >= 0.6 is 0 Å². The van der Waals surface area contributed by atoms with Gasteiger partial charge in [0.15, 0.2) is 12.4 Å². The zero-order valence-corrected chi connectivity index (χ0v) is 11.5. The van der Waals surface area contributed by atoms with E-state index in [4.69, 9.17) is 4.74 Å². The van der Waals surface area contributed by atoms with Gasteiger partial charge in [-0.2, -0.15) is 0 Å². The number of allylic oxidation sites excluding steroid dienone is 1. The summed E-state index contributed by atoms with van der Waals surface area (Å²) in [7, 11) is 1.53. The topological polar surface area (TPSA) is 55.4 Å². The van der Waals surface area contributed by atoms with Crippen LogP contribution in [0.15, 0.2) is 24.3 Å². The monoisotopic (exact) mass is 261 g/mol.